The van der Waals surface area contributed by atoms with Crippen LogP contribution in [0.25, 0.3) is 126 Å². The topological polar surface area (TPSA) is 47.9 Å². The largest absolute Gasteiger partial charge is 0.319 e. The van der Waals surface area contributed by atoms with Crippen molar-refractivity contribution in [3.8, 4) is 28.8 Å². The van der Waals surface area contributed by atoms with Gasteiger partial charge in [0.2, 0.25) is 5.69 Å². The van der Waals surface area contributed by atoms with Gasteiger partial charge in [-0.05, 0) is 95.7 Å². The molecule has 6 nitrogen and oxygen atoms in total. The molecule has 0 aliphatic rings. The van der Waals surface area contributed by atoms with Crippen LogP contribution in [0.15, 0.2) is 206 Å². The van der Waals surface area contributed by atoms with E-state index in [1.54, 1.807) is 0 Å². The zero-order valence-electron chi connectivity index (χ0n) is 35.3. The molecule has 14 aromatic rings. The zero-order valence-corrected chi connectivity index (χ0v) is 35.3. The highest BCUT2D eigenvalue weighted by atomic mass is 15.0. The number of hydrogen-bond donors (Lipinski definition) is 0. The number of nitriles is 1. The molecular formula is C60H34N6. The molecule has 0 spiro atoms. The summed E-state index contributed by atoms with van der Waals surface area (Å²) in [5, 5.41) is 22.6. The highest BCUT2D eigenvalue weighted by Gasteiger charge is 2.24. The molecule has 0 fully saturated rings. The lowest BCUT2D eigenvalue weighted by molar-refractivity contribution is 1.13. The molecule has 0 aliphatic carbocycles. The molecule has 14 rings (SSSR count). The fourth-order valence-corrected chi connectivity index (χ4v) is 11.0. The van der Waals surface area contributed by atoms with Crippen LogP contribution in [0.3, 0.4) is 0 Å². The van der Waals surface area contributed by atoms with E-state index in [1.165, 1.54) is 10.8 Å². The maximum Gasteiger partial charge on any atom is 0.212 e. The Balaban J connectivity index is 1.10. The van der Waals surface area contributed by atoms with Crippen molar-refractivity contribution in [1.29, 1.82) is 5.26 Å². The predicted molar refractivity (Wildman–Crippen MR) is 272 cm³/mol. The molecule has 0 amide bonds. The first kappa shape index (κ1) is 36.2. The number of hydrogen-bond acceptors (Lipinski definition) is 1. The van der Waals surface area contributed by atoms with Crippen LogP contribution in [-0.4, -0.2) is 18.3 Å². The summed E-state index contributed by atoms with van der Waals surface area (Å²) in [6.07, 6.45) is 0. The van der Waals surface area contributed by atoms with Gasteiger partial charge in [0, 0.05) is 54.5 Å². The lowest BCUT2D eigenvalue weighted by Crippen LogP contribution is -2.02. The fourth-order valence-electron chi connectivity index (χ4n) is 11.0. The van der Waals surface area contributed by atoms with Crippen LogP contribution in [0.1, 0.15) is 5.56 Å². The first-order chi connectivity index (χ1) is 32.7. The Morgan fingerprint density at radius 3 is 1.53 bits per heavy atom. The standard InChI is InChI=1S/C60H34N6/c1-62-49-34-56(38(36-61)31-59(49)65-53-26-14-10-22-45(53)60-41-18-6-5-15-37(41)27-29-55(60)65)66-54-30-28-40(64-50-23-11-7-19-42(50)43-20-8-12-24-51(43)64)32-46(54)48-33-47-44-21-9-13-25-52(44)63(57(47)35-58(48)66)39-16-3-2-4-17-39/h2-35H. The van der Waals surface area contributed by atoms with E-state index >= 15 is 0 Å². The van der Waals surface area contributed by atoms with E-state index in [0.29, 0.717) is 22.6 Å². The van der Waals surface area contributed by atoms with E-state index in [4.69, 9.17) is 6.57 Å². The van der Waals surface area contributed by atoms with Gasteiger partial charge in [0.05, 0.1) is 67.6 Å². The first-order valence-electron chi connectivity index (χ1n) is 22.1. The Morgan fingerprint density at radius 1 is 0.348 bits per heavy atom. The molecule has 4 aromatic heterocycles. The van der Waals surface area contributed by atoms with Crippen molar-refractivity contribution in [2.75, 3.05) is 0 Å². The summed E-state index contributed by atoms with van der Waals surface area (Å²) in [5.74, 6) is 0. The van der Waals surface area contributed by atoms with Gasteiger partial charge in [-0.3, -0.25) is 0 Å². The van der Waals surface area contributed by atoms with Crippen molar-refractivity contribution in [3.63, 3.8) is 0 Å². The highest BCUT2D eigenvalue weighted by molar-refractivity contribution is 6.22. The lowest BCUT2D eigenvalue weighted by atomic mass is 10.0. The van der Waals surface area contributed by atoms with Crippen LogP contribution in [-0.2, 0) is 0 Å². The van der Waals surface area contributed by atoms with Crippen molar-refractivity contribution in [2.24, 2.45) is 0 Å². The third-order valence-corrected chi connectivity index (χ3v) is 13.8. The molecule has 66 heavy (non-hydrogen) atoms. The Labute approximate surface area is 377 Å². The van der Waals surface area contributed by atoms with Crippen LogP contribution in [0.5, 0.6) is 0 Å². The van der Waals surface area contributed by atoms with Crippen LogP contribution in [0, 0.1) is 17.9 Å². The van der Waals surface area contributed by atoms with E-state index in [-0.39, 0.29) is 0 Å². The normalized spacial score (nSPS) is 11.9. The van der Waals surface area contributed by atoms with E-state index in [2.05, 4.69) is 211 Å². The molecule has 10 aromatic carbocycles. The molecule has 0 bridgehead atoms. The van der Waals surface area contributed by atoms with Crippen molar-refractivity contribution >= 4 is 104 Å². The summed E-state index contributed by atoms with van der Waals surface area (Å²) >= 11 is 0. The number of aromatic nitrogens is 4. The van der Waals surface area contributed by atoms with E-state index < -0.39 is 0 Å². The van der Waals surface area contributed by atoms with Crippen molar-refractivity contribution in [3.05, 3.63) is 223 Å². The smallest absolute Gasteiger partial charge is 0.212 e. The Kier molecular flexibility index (Phi) is 7.43. The molecule has 0 unspecified atom stereocenters. The molecule has 4 heterocycles. The third-order valence-electron chi connectivity index (χ3n) is 13.8. The second kappa shape index (κ2) is 13.6. The minimum atomic E-state index is 0.455. The van der Waals surface area contributed by atoms with Crippen LogP contribution >= 0.6 is 0 Å². The molecule has 304 valence electrons. The fraction of sp³-hybridized carbons (Fsp3) is 0. The number of fused-ring (bicyclic) bond motifs is 14. The molecule has 0 N–H and O–H groups in total. The summed E-state index contributed by atoms with van der Waals surface area (Å²) in [6, 6.07) is 75.1. The Morgan fingerprint density at radius 2 is 0.848 bits per heavy atom. The summed E-state index contributed by atoms with van der Waals surface area (Å²) in [5.41, 5.74) is 12.7. The van der Waals surface area contributed by atoms with Crippen LogP contribution in [0.2, 0.25) is 0 Å². The van der Waals surface area contributed by atoms with Gasteiger partial charge < -0.3 is 18.3 Å². The number of rotatable bonds is 4. The predicted octanol–water partition coefficient (Wildman–Crippen LogP) is 15.7. The van der Waals surface area contributed by atoms with Gasteiger partial charge in [0.1, 0.15) is 6.07 Å². The minimum absolute atomic E-state index is 0.455. The molecule has 0 radical (unpaired) electrons. The van der Waals surface area contributed by atoms with Gasteiger partial charge >= 0.3 is 0 Å². The van der Waals surface area contributed by atoms with Crippen molar-refractivity contribution in [2.45, 2.75) is 0 Å². The maximum absolute atomic E-state index is 11.3. The minimum Gasteiger partial charge on any atom is -0.319 e. The van der Waals surface area contributed by atoms with Crippen LogP contribution < -0.4 is 0 Å². The number of para-hydroxylation sites is 5. The molecular weight excluding hydrogens is 805 g/mol. The molecule has 0 aliphatic heterocycles. The summed E-state index contributed by atoms with van der Waals surface area (Å²) in [7, 11) is 0. The zero-order chi connectivity index (χ0) is 43.6. The average Bonchev–Trinajstić information content (AvgIpc) is 4.10. The second-order valence-electron chi connectivity index (χ2n) is 17.1. The third kappa shape index (κ3) is 4.87. The molecule has 0 atom stereocenters. The first-order valence-corrected chi connectivity index (χ1v) is 22.1. The summed E-state index contributed by atoms with van der Waals surface area (Å²) in [6.45, 7) is 8.76. The quantitative estimate of drug-likeness (QED) is 0.163. The number of benzene rings is 10. The monoisotopic (exact) mass is 838 g/mol. The SMILES string of the molecule is [C-]#[N+]c1cc(-n2c3ccc(-n4c5ccccc5c5ccccc54)cc3c3cc4c5ccccc5n(-c5ccccc5)c4cc32)c(C#N)cc1-n1c2ccccc2c2c3ccccc3ccc21. The van der Waals surface area contributed by atoms with E-state index in [0.717, 1.165) is 98.6 Å². The van der Waals surface area contributed by atoms with E-state index in [1.807, 2.05) is 24.3 Å². The summed E-state index contributed by atoms with van der Waals surface area (Å²) < 4.78 is 9.07. The van der Waals surface area contributed by atoms with Crippen molar-refractivity contribution in [1.82, 2.24) is 18.3 Å². The van der Waals surface area contributed by atoms with Gasteiger partial charge in [-0.15, -0.1) is 0 Å². The molecule has 0 saturated heterocycles. The maximum atomic E-state index is 11.3. The van der Waals surface area contributed by atoms with Gasteiger partial charge in [-0.25, -0.2) is 4.85 Å². The second-order valence-corrected chi connectivity index (χ2v) is 17.1. The van der Waals surface area contributed by atoms with Gasteiger partial charge in [0.25, 0.3) is 0 Å². The number of nitrogens with zero attached hydrogens (tertiary/aromatic N) is 6. The van der Waals surface area contributed by atoms with Crippen LogP contribution in [0.4, 0.5) is 5.69 Å². The van der Waals surface area contributed by atoms with Gasteiger partial charge in [-0.2, -0.15) is 5.26 Å². The van der Waals surface area contributed by atoms with E-state index in [9.17, 15) is 5.26 Å². The lowest BCUT2D eigenvalue weighted by Gasteiger charge is -2.16. The molecule has 6 heteroatoms. The van der Waals surface area contributed by atoms with Gasteiger partial charge in [-0.1, -0.05) is 121 Å². The van der Waals surface area contributed by atoms with Crippen molar-refractivity contribution < 1.29 is 0 Å². The van der Waals surface area contributed by atoms with Gasteiger partial charge in [0.15, 0.2) is 0 Å². The molecule has 0 saturated carbocycles. The average molecular weight is 839 g/mol. The Bertz CT molecular complexity index is 4430. The summed E-state index contributed by atoms with van der Waals surface area (Å²) in [4.78, 5) is 4.25. The highest BCUT2D eigenvalue weighted by Crippen LogP contribution is 2.45. The Hall–Kier alpha value is -9.36.